The minimum Gasteiger partial charge on any atom is -0.264 e. The molecular formula is C17H15ClN2O4S3. The van der Waals surface area contributed by atoms with Crippen molar-refractivity contribution in [2.45, 2.75) is 14.4 Å². The summed E-state index contributed by atoms with van der Waals surface area (Å²) in [6, 6.07) is 14.0. The summed E-state index contributed by atoms with van der Waals surface area (Å²) < 4.78 is 53.9. The first-order valence-corrected chi connectivity index (χ1v) is 12.0. The van der Waals surface area contributed by atoms with E-state index >= 15 is 0 Å². The summed E-state index contributed by atoms with van der Waals surface area (Å²) in [5.41, 5.74) is 0.397. The van der Waals surface area contributed by atoms with Crippen LogP contribution in [-0.4, -0.2) is 28.4 Å². The molecule has 1 atom stereocenters. The normalized spacial score (nSPS) is 13.4. The summed E-state index contributed by atoms with van der Waals surface area (Å²) in [5.74, 6) is 0. The highest BCUT2D eigenvalue weighted by atomic mass is 35.5. The molecular weight excluding hydrogens is 428 g/mol. The Balaban J connectivity index is 1.95. The number of sulfone groups is 1. The van der Waals surface area contributed by atoms with Gasteiger partial charge in [-0.15, -0.1) is 11.3 Å². The maximum atomic E-state index is 13.1. The van der Waals surface area contributed by atoms with Gasteiger partial charge in [-0.2, -0.15) is 0 Å². The van der Waals surface area contributed by atoms with Crippen LogP contribution in [0.5, 0.6) is 0 Å². The van der Waals surface area contributed by atoms with E-state index in [1.165, 1.54) is 36.7 Å². The van der Waals surface area contributed by atoms with Crippen LogP contribution in [0, 0.1) is 0 Å². The Labute approximate surface area is 166 Å². The number of thiophene rings is 1. The van der Waals surface area contributed by atoms with Crippen molar-refractivity contribution in [3.8, 4) is 0 Å². The fraction of sp³-hybridized carbons (Fsp3) is 0.118. The van der Waals surface area contributed by atoms with Crippen LogP contribution < -0.4 is 4.72 Å². The maximum Gasteiger partial charge on any atom is 0.250 e. The molecule has 0 radical (unpaired) electrons. The molecule has 10 heteroatoms. The van der Waals surface area contributed by atoms with Gasteiger partial charge < -0.3 is 0 Å². The van der Waals surface area contributed by atoms with E-state index < -0.39 is 25.1 Å². The number of rotatable bonds is 7. The Bertz CT molecular complexity index is 1120. The van der Waals surface area contributed by atoms with Gasteiger partial charge in [0, 0.05) is 18.9 Å². The van der Waals surface area contributed by atoms with Crippen LogP contribution in [0.1, 0.15) is 10.8 Å². The highest BCUT2D eigenvalue weighted by molar-refractivity contribution is 7.92. The van der Waals surface area contributed by atoms with Crippen molar-refractivity contribution in [3.05, 3.63) is 76.9 Å². The van der Waals surface area contributed by atoms with Gasteiger partial charge >= 0.3 is 0 Å². The number of pyridine rings is 1. The molecule has 0 fully saturated rings. The Hall–Kier alpha value is -1.78. The molecule has 0 spiro atoms. The van der Waals surface area contributed by atoms with Gasteiger partial charge in [0.1, 0.15) is 9.46 Å². The topological polar surface area (TPSA) is 93.2 Å². The molecule has 0 aliphatic heterocycles. The second kappa shape index (κ2) is 8.07. The summed E-state index contributed by atoms with van der Waals surface area (Å²) in [6.45, 7) is -0.333. The summed E-state index contributed by atoms with van der Waals surface area (Å²) in [7, 11) is -7.73. The molecule has 3 rings (SSSR count). The molecule has 0 saturated carbocycles. The van der Waals surface area contributed by atoms with Gasteiger partial charge in [-0.3, -0.25) is 4.98 Å². The predicted molar refractivity (Wildman–Crippen MR) is 105 cm³/mol. The summed E-state index contributed by atoms with van der Waals surface area (Å²) >= 11 is 6.70. The van der Waals surface area contributed by atoms with Crippen LogP contribution in [0.4, 0.5) is 0 Å². The molecule has 0 saturated heterocycles. The number of hydrogen-bond acceptors (Lipinski definition) is 6. The summed E-state index contributed by atoms with van der Waals surface area (Å²) in [4.78, 5) is 4.07. The fourth-order valence-electron chi connectivity index (χ4n) is 2.45. The Morgan fingerprint density at radius 3 is 2.33 bits per heavy atom. The zero-order valence-electron chi connectivity index (χ0n) is 13.8. The van der Waals surface area contributed by atoms with Gasteiger partial charge in [0.05, 0.1) is 9.23 Å². The lowest BCUT2D eigenvalue weighted by Gasteiger charge is -2.18. The van der Waals surface area contributed by atoms with Crippen molar-refractivity contribution in [2.75, 3.05) is 6.54 Å². The quantitative estimate of drug-likeness (QED) is 0.606. The van der Waals surface area contributed by atoms with Gasteiger partial charge in [0.2, 0.25) is 10.0 Å². The van der Waals surface area contributed by atoms with E-state index in [2.05, 4.69) is 9.71 Å². The number of hydrogen-bond donors (Lipinski definition) is 1. The van der Waals surface area contributed by atoms with Crippen molar-refractivity contribution in [3.63, 3.8) is 0 Å². The molecule has 142 valence electrons. The van der Waals surface area contributed by atoms with E-state index in [0.29, 0.717) is 9.90 Å². The van der Waals surface area contributed by atoms with E-state index in [0.717, 1.165) is 11.3 Å². The summed E-state index contributed by atoms with van der Waals surface area (Å²) in [6.07, 6.45) is 2.94. The van der Waals surface area contributed by atoms with Crippen LogP contribution in [-0.2, 0) is 19.9 Å². The molecule has 1 N–H and O–H groups in total. The van der Waals surface area contributed by atoms with E-state index in [4.69, 9.17) is 11.6 Å². The van der Waals surface area contributed by atoms with E-state index in [1.807, 2.05) is 0 Å². The lowest BCUT2D eigenvalue weighted by Crippen LogP contribution is -2.31. The number of benzene rings is 1. The average molecular weight is 443 g/mol. The zero-order valence-corrected chi connectivity index (χ0v) is 17.0. The Morgan fingerprint density at radius 1 is 1.00 bits per heavy atom. The minimum absolute atomic E-state index is 0.0227. The van der Waals surface area contributed by atoms with Crippen molar-refractivity contribution >= 4 is 42.8 Å². The van der Waals surface area contributed by atoms with Crippen LogP contribution in [0.25, 0.3) is 0 Å². The van der Waals surface area contributed by atoms with Gasteiger partial charge in [-0.05, 0) is 35.9 Å². The Kier molecular flexibility index (Phi) is 5.97. The van der Waals surface area contributed by atoms with Crippen molar-refractivity contribution in [1.29, 1.82) is 0 Å². The summed E-state index contributed by atoms with van der Waals surface area (Å²) in [5, 5.41) is -1.13. The molecule has 0 bridgehead atoms. The van der Waals surface area contributed by atoms with E-state index in [-0.39, 0.29) is 15.6 Å². The molecule has 1 aromatic carbocycles. The molecule has 0 aliphatic rings. The average Bonchev–Trinajstić information content (AvgIpc) is 3.11. The second-order valence-corrected chi connectivity index (χ2v) is 11.4. The molecule has 1 unspecified atom stereocenters. The van der Waals surface area contributed by atoms with Crippen LogP contribution >= 0.6 is 22.9 Å². The van der Waals surface area contributed by atoms with Crippen molar-refractivity contribution in [2.24, 2.45) is 0 Å². The fourth-order valence-corrected chi connectivity index (χ4v) is 6.79. The Morgan fingerprint density at radius 2 is 1.74 bits per heavy atom. The number of sulfonamides is 1. The number of halogens is 1. The second-order valence-electron chi connectivity index (χ2n) is 5.54. The third-order valence-electron chi connectivity index (χ3n) is 3.77. The number of nitrogens with zero attached hydrogens (tertiary/aromatic N) is 1. The van der Waals surface area contributed by atoms with E-state index in [9.17, 15) is 16.8 Å². The highest BCUT2D eigenvalue weighted by Gasteiger charge is 2.31. The van der Waals surface area contributed by atoms with Crippen LogP contribution in [0.2, 0.25) is 4.34 Å². The third kappa shape index (κ3) is 4.56. The SMILES string of the molecule is O=S(=O)(NCC(c1cccnc1)S(=O)(=O)c1ccccc1)c1ccc(Cl)s1. The number of nitrogens with one attached hydrogen (secondary N) is 1. The van der Waals surface area contributed by atoms with E-state index in [1.54, 1.807) is 30.3 Å². The van der Waals surface area contributed by atoms with Crippen LogP contribution in [0.3, 0.4) is 0 Å². The zero-order chi connectivity index (χ0) is 19.5. The van der Waals surface area contributed by atoms with Gasteiger partial charge in [-0.25, -0.2) is 21.6 Å². The largest absolute Gasteiger partial charge is 0.264 e. The first-order chi connectivity index (χ1) is 12.8. The van der Waals surface area contributed by atoms with Gasteiger partial charge in [0.25, 0.3) is 0 Å². The predicted octanol–water partition coefficient (Wildman–Crippen LogP) is 3.29. The molecule has 2 aromatic heterocycles. The van der Waals surface area contributed by atoms with Gasteiger partial charge in [0.15, 0.2) is 9.84 Å². The lowest BCUT2D eigenvalue weighted by atomic mass is 10.2. The maximum absolute atomic E-state index is 13.1. The minimum atomic E-state index is -3.89. The van der Waals surface area contributed by atoms with Crippen LogP contribution in [0.15, 0.2) is 76.1 Å². The standard InChI is InChI=1S/C17H15ClN2O4S3/c18-16-8-9-17(25-16)27(23,24)20-12-15(13-5-4-10-19-11-13)26(21,22)14-6-2-1-3-7-14/h1-11,15,20H,12H2. The third-order valence-corrected chi connectivity index (χ3v) is 9.04. The molecule has 6 nitrogen and oxygen atoms in total. The molecule has 2 heterocycles. The highest BCUT2D eigenvalue weighted by Crippen LogP contribution is 2.29. The first kappa shape index (κ1) is 20.0. The molecule has 3 aromatic rings. The smallest absolute Gasteiger partial charge is 0.250 e. The molecule has 0 amide bonds. The van der Waals surface area contributed by atoms with Gasteiger partial charge in [-0.1, -0.05) is 35.9 Å². The van der Waals surface area contributed by atoms with Crippen molar-refractivity contribution in [1.82, 2.24) is 9.71 Å². The number of aromatic nitrogens is 1. The lowest BCUT2D eigenvalue weighted by molar-refractivity contribution is 0.569. The molecule has 27 heavy (non-hydrogen) atoms. The van der Waals surface area contributed by atoms with Crippen molar-refractivity contribution < 1.29 is 16.8 Å². The molecule has 0 aliphatic carbocycles. The first-order valence-electron chi connectivity index (χ1n) is 7.74. The monoisotopic (exact) mass is 442 g/mol.